The largest absolute Gasteiger partial charge is 0.497 e. The van der Waals surface area contributed by atoms with Gasteiger partial charge >= 0.3 is 5.97 Å². The van der Waals surface area contributed by atoms with Gasteiger partial charge in [0, 0.05) is 22.7 Å². The lowest BCUT2D eigenvalue weighted by Gasteiger charge is -2.05. The molecule has 0 aliphatic rings. The number of hydrogen-bond acceptors (Lipinski definition) is 4. The van der Waals surface area contributed by atoms with Crippen LogP contribution < -0.4 is 4.74 Å². The third-order valence-electron chi connectivity index (χ3n) is 2.85. The van der Waals surface area contributed by atoms with E-state index < -0.39 is 0 Å². The minimum Gasteiger partial charge on any atom is -0.497 e. The van der Waals surface area contributed by atoms with E-state index in [9.17, 15) is 9.59 Å². The number of hydrogen-bond donors (Lipinski definition) is 0. The van der Waals surface area contributed by atoms with Gasteiger partial charge in [0.25, 0.3) is 0 Å². The Kier molecular flexibility index (Phi) is 3.85. The van der Waals surface area contributed by atoms with Crippen molar-refractivity contribution in [1.82, 2.24) is 4.57 Å². The van der Waals surface area contributed by atoms with Crippen LogP contribution in [0, 0.1) is 0 Å². The fourth-order valence-electron chi connectivity index (χ4n) is 2.00. The monoisotopic (exact) mass is 261 g/mol. The first-order chi connectivity index (χ1) is 9.19. The van der Waals surface area contributed by atoms with Crippen LogP contribution >= 0.6 is 0 Å². The molecule has 0 saturated carbocycles. The van der Waals surface area contributed by atoms with Crippen LogP contribution in [0.4, 0.5) is 0 Å². The molecule has 0 saturated heterocycles. The number of nitrogens with zero attached hydrogens (tertiary/aromatic N) is 1. The molecule has 0 fully saturated rings. The molecule has 1 heterocycles. The summed E-state index contributed by atoms with van der Waals surface area (Å²) in [4.78, 5) is 22.6. The lowest BCUT2D eigenvalue weighted by Crippen LogP contribution is -2.12. The van der Waals surface area contributed by atoms with E-state index in [4.69, 9.17) is 9.47 Å². The lowest BCUT2D eigenvalue weighted by atomic mass is 10.2. The number of benzene rings is 1. The second-order valence-corrected chi connectivity index (χ2v) is 4.02. The van der Waals surface area contributed by atoms with Crippen molar-refractivity contribution in [1.29, 1.82) is 0 Å². The molecular formula is C14H15NO4. The maximum Gasteiger partial charge on any atom is 0.325 e. The van der Waals surface area contributed by atoms with Crippen LogP contribution in [0.1, 0.15) is 17.3 Å². The van der Waals surface area contributed by atoms with E-state index in [-0.39, 0.29) is 12.5 Å². The summed E-state index contributed by atoms with van der Waals surface area (Å²) < 4.78 is 11.7. The van der Waals surface area contributed by atoms with Gasteiger partial charge in [0.2, 0.25) is 0 Å². The van der Waals surface area contributed by atoms with Crippen LogP contribution in [0.5, 0.6) is 5.75 Å². The van der Waals surface area contributed by atoms with Crippen LogP contribution in [0.2, 0.25) is 0 Å². The van der Waals surface area contributed by atoms with Crippen LogP contribution in [0.3, 0.4) is 0 Å². The van der Waals surface area contributed by atoms with Crippen molar-refractivity contribution in [2.45, 2.75) is 13.5 Å². The third kappa shape index (κ3) is 2.59. The molecule has 2 rings (SSSR count). The van der Waals surface area contributed by atoms with Crippen molar-refractivity contribution in [2.24, 2.45) is 0 Å². The smallest absolute Gasteiger partial charge is 0.325 e. The Labute approximate surface area is 110 Å². The van der Waals surface area contributed by atoms with Gasteiger partial charge in [-0.25, -0.2) is 0 Å². The van der Waals surface area contributed by atoms with Gasteiger partial charge in [0.15, 0.2) is 6.29 Å². The molecule has 1 aromatic heterocycles. The number of fused-ring (bicyclic) bond motifs is 1. The van der Waals surface area contributed by atoms with Crippen LogP contribution in [0.15, 0.2) is 24.4 Å². The van der Waals surface area contributed by atoms with Gasteiger partial charge in [-0.15, -0.1) is 0 Å². The first-order valence-corrected chi connectivity index (χ1v) is 5.97. The van der Waals surface area contributed by atoms with E-state index >= 15 is 0 Å². The predicted octanol–water partition coefficient (Wildman–Crippen LogP) is 2.03. The van der Waals surface area contributed by atoms with Gasteiger partial charge in [-0.1, -0.05) is 0 Å². The van der Waals surface area contributed by atoms with E-state index in [2.05, 4.69) is 0 Å². The summed E-state index contributed by atoms with van der Waals surface area (Å²) in [6.45, 7) is 2.18. The molecule has 0 aliphatic carbocycles. The van der Waals surface area contributed by atoms with Crippen molar-refractivity contribution in [3.8, 4) is 5.75 Å². The topological polar surface area (TPSA) is 57.5 Å². The molecule has 0 radical (unpaired) electrons. The Hall–Kier alpha value is -2.30. The highest BCUT2D eigenvalue weighted by atomic mass is 16.5. The van der Waals surface area contributed by atoms with E-state index in [0.717, 1.165) is 17.2 Å². The summed E-state index contributed by atoms with van der Waals surface area (Å²) >= 11 is 0. The number of methoxy groups -OCH3 is 1. The van der Waals surface area contributed by atoms with Crippen LogP contribution in [0.25, 0.3) is 10.9 Å². The fraction of sp³-hybridized carbons (Fsp3) is 0.286. The number of carbonyl (C=O) groups is 2. The second kappa shape index (κ2) is 5.56. The molecule has 2 aromatic rings. The van der Waals surface area contributed by atoms with Gasteiger partial charge in [0.05, 0.1) is 13.7 Å². The molecule has 0 amide bonds. The summed E-state index contributed by atoms with van der Waals surface area (Å²) in [5, 5.41) is 0.763. The number of aromatic nitrogens is 1. The average Bonchev–Trinajstić information content (AvgIpc) is 2.76. The Morgan fingerprint density at radius 2 is 2.21 bits per heavy atom. The molecule has 0 atom stereocenters. The van der Waals surface area contributed by atoms with E-state index in [1.165, 1.54) is 0 Å². The molecule has 0 bridgehead atoms. The SMILES string of the molecule is CCOC(=O)Cn1cc(C=O)c2cc(OC)ccc21. The van der Waals surface area contributed by atoms with Crippen LogP contribution in [-0.2, 0) is 16.1 Å². The van der Waals surface area contributed by atoms with Gasteiger partial charge < -0.3 is 14.0 Å². The molecule has 100 valence electrons. The Morgan fingerprint density at radius 3 is 2.84 bits per heavy atom. The average molecular weight is 261 g/mol. The third-order valence-corrected chi connectivity index (χ3v) is 2.85. The number of rotatable bonds is 5. The predicted molar refractivity (Wildman–Crippen MR) is 70.5 cm³/mol. The minimum absolute atomic E-state index is 0.0878. The highest BCUT2D eigenvalue weighted by Crippen LogP contribution is 2.25. The van der Waals surface area contributed by atoms with Crippen molar-refractivity contribution >= 4 is 23.2 Å². The molecule has 5 heteroatoms. The number of esters is 1. The number of ether oxygens (including phenoxy) is 2. The maximum absolute atomic E-state index is 11.5. The molecule has 0 N–H and O–H groups in total. The van der Waals surface area contributed by atoms with Crippen molar-refractivity contribution in [2.75, 3.05) is 13.7 Å². The van der Waals surface area contributed by atoms with Crippen LogP contribution in [-0.4, -0.2) is 30.5 Å². The highest BCUT2D eigenvalue weighted by molar-refractivity contribution is 5.98. The quantitative estimate of drug-likeness (QED) is 0.610. The highest BCUT2D eigenvalue weighted by Gasteiger charge is 2.12. The fourth-order valence-corrected chi connectivity index (χ4v) is 2.00. The summed E-state index contributed by atoms with van der Waals surface area (Å²) in [6, 6.07) is 5.39. The maximum atomic E-state index is 11.5. The summed E-state index contributed by atoms with van der Waals surface area (Å²) in [5.74, 6) is 0.345. The molecule has 1 aromatic carbocycles. The molecule has 19 heavy (non-hydrogen) atoms. The Bertz CT molecular complexity index is 615. The zero-order valence-corrected chi connectivity index (χ0v) is 10.9. The Balaban J connectivity index is 2.45. The van der Waals surface area contributed by atoms with Crippen molar-refractivity contribution in [3.05, 3.63) is 30.0 Å². The van der Waals surface area contributed by atoms with Crippen molar-refractivity contribution < 1.29 is 19.1 Å². The summed E-state index contributed by atoms with van der Waals surface area (Å²) in [7, 11) is 1.57. The standard InChI is InChI=1S/C14H15NO4/c1-3-19-14(17)8-15-7-10(9-16)12-6-11(18-2)4-5-13(12)15/h4-7,9H,3,8H2,1-2H3. The lowest BCUT2D eigenvalue weighted by molar-refractivity contribution is -0.143. The number of aldehydes is 1. The molecule has 0 aliphatic heterocycles. The first-order valence-electron chi connectivity index (χ1n) is 5.97. The summed E-state index contributed by atoms with van der Waals surface area (Å²) in [5.41, 5.74) is 1.33. The van der Waals surface area contributed by atoms with E-state index in [0.29, 0.717) is 17.9 Å². The zero-order chi connectivity index (χ0) is 13.8. The van der Waals surface area contributed by atoms with Crippen molar-refractivity contribution in [3.63, 3.8) is 0 Å². The molecular weight excluding hydrogens is 246 g/mol. The number of carbonyl (C=O) groups excluding carboxylic acids is 2. The zero-order valence-electron chi connectivity index (χ0n) is 10.9. The molecule has 0 unspecified atom stereocenters. The minimum atomic E-state index is -0.326. The van der Waals surface area contributed by atoms with Gasteiger partial charge in [0.1, 0.15) is 12.3 Å². The Morgan fingerprint density at radius 1 is 1.42 bits per heavy atom. The van der Waals surface area contributed by atoms with E-state index in [1.54, 1.807) is 36.9 Å². The summed E-state index contributed by atoms with van der Waals surface area (Å²) in [6.07, 6.45) is 2.41. The van der Waals surface area contributed by atoms with Gasteiger partial charge in [-0.3, -0.25) is 9.59 Å². The first kappa shape index (κ1) is 13.1. The van der Waals surface area contributed by atoms with Gasteiger partial charge in [-0.05, 0) is 25.1 Å². The van der Waals surface area contributed by atoms with Gasteiger partial charge in [-0.2, -0.15) is 0 Å². The molecule has 0 spiro atoms. The van der Waals surface area contributed by atoms with E-state index in [1.807, 2.05) is 6.07 Å². The normalized spacial score (nSPS) is 10.4. The molecule has 5 nitrogen and oxygen atoms in total. The second-order valence-electron chi connectivity index (χ2n) is 4.02.